The Kier molecular flexibility index (Phi) is 6.66. The van der Waals surface area contributed by atoms with Crippen LogP contribution in [0.15, 0.2) is 23.1 Å². The molecule has 0 atom stereocenters. The zero-order chi connectivity index (χ0) is 17.6. The van der Waals surface area contributed by atoms with Crippen molar-refractivity contribution in [3.05, 3.63) is 23.8 Å². The normalized spacial score (nSPS) is 16.8. The van der Waals surface area contributed by atoms with Gasteiger partial charge in [0, 0.05) is 0 Å². The molecule has 24 heavy (non-hydrogen) atoms. The Balaban J connectivity index is 2.03. The van der Waals surface area contributed by atoms with E-state index in [4.69, 9.17) is 4.74 Å². The van der Waals surface area contributed by atoms with E-state index in [9.17, 15) is 13.5 Å². The largest absolute Gasteiger partial charge is 0.508 e. The highest BCUT2D eigenvalue weighted by Gasteiger charge is 2.38. The van der Waals surface area contributed by atoms with Gasteiger partial charge in [0.1, 0.15) is 5.75 Å². The Bertz CT molecular complexity index is 638. The lowest BCUT2D eigenvalue weighted by molar-refractivity contribution is -0.0523. The van der Waals surface area contributed by atoms with Crippen LogP contribution >= 0.6 is 0 Å². The molecule has 1 aliphatic rings. The van der Waals surface area contributed by atoms with Gasteiger partial charge in [-0.3, -0.25) is 0 Å². The van der Waals surface area contributed by atoms with Crippen LogP contribution in [0.4, 0.5) is 0 Å². The third kappa shape index (κ3) is 5.19. The fraction of sp³-hybridized carbons (Fsp3) is 0.667. The molecule has 6 heteroatoms. The van der Waals surface area contributed by atoms with Crippen LogP contribution in [-0.2, 0) is 21.2 Å². The van der Waals surface area contributed by atoms with Gasteiger partial charge < -0.3 is 9.84 Å². The van der Waals surface area contributed by atoms with Crippen LogP contribution in [-0.4, -0.2) is 32.3 Å². The van der Waals surface area contributed by atoms with E-state index in [2.05, 4.69) is 11.6 Å². The van der Waals surface area contributed by atoms with E-state index in [0.29, 0.717) is 25.2 Å². The van der Waals surface area contributed by atoms with Crippen molar-refractivity contribution in [1.29, 1.82) is 0 Å². The van der Waals surface area contributed by atoms with Crippen molar-refractivity contribution in [1.82, 2.24) is 4.72 Å². The van der Waals surface area contributed by atoms with Crippen LogP contribution in [0.5, 0.6) is 5.75 Å². The van der Waals surface area contributed by atoms with Crippen molar-refractivity contribution in [2.24, 2.45) is 0 Å². The lowest BCUT2D eigenvalue weighted by atomic mass is 10.0. The molecule has 1 aromatic rings. The molecule has 2 rings (SSSR count). The maximum Gasteiger partial charge on any atom is 0.241 e. The van der Waals surface area contributed by atoms with Gasteiger partial charge in [-0.2, -0.15) is 0 Å². The molecular weight excluding hydrogens is 326 g/mol. The Morgan fingerprint density at radius 1 is 1.17 bits per heavy atom. The molecule has 0 saturated carbocycles. The summed E-state index contributed by atoms with van der Waals surface area (Å²) in [7, 11) is -3.62. The number of benzene rings is 1. The fourth-order valence-electron chi connectivity index (χ4n) is 2.97. The summed E-state index contributed by atoms with van der Waals surface area (Å²) < 4.78 is 33.2. The Morgan fingerprint density at radius 2 is 1.83 bits per heavy atom. The molecule has 0 aromatic heterocycles. The number of rotatable bonds is 10. The van der Waals surface area contributed by atoms with Crippen molar-refractivity contribution in [2.45, 2.75) is 69.2 Å². The van der Waals surface area contributed by atoms with Gasteiger partial charge in [0.2, 0.25) is 10.0 Å². The summed E-state index contributed by atoms with van der Waals surface area (Å²) in [6.07, 6.45) is 7.51. The third-order valence-corrected chi connectivity index (χ3v) is 6.09. The van der Waals surface area contributed by atoms with E-state index in [1.807, 2.05) is 6.92 Å². The molecule has 0 aliphatic carbocycles. The third-order valence-electron chi connectivity index (χ3n) is 4.36. The average Bonchev–Trinajstić information content (AvgIpc) is 2.48. The highest BCUT2D eigenvalue weighted by molar-refractivity contribution is 7.89. The summed E-state index contributed by atoms with van der Waals surface area (Å²) in [5.41, 5.74) is 0.149. The van der Waals surface area contributed by atoms with Gasteiger partial charge in [-0.05, 0) is 43.5 Å². The average molecular weight is 356 g/mol. The van der Waals surface area contributed by atoms with Crippen molar-refractivity contribution in [3.63, 3.8) is 0 Å². The molecule has 0 spiro atoms. The molecule has 1 fully saturated rings. The number of phenolic OH excluding ortho intramolecular Hbond substituents is 1. The summed E-state index contributed by atoms with van der Waals surface area (Å²) in [5.74, 6) is 0.105. The second kappa shape index (κ2) is 8.32. The van der Waals surface area contributed by atoms with Crippen molar-refractivity contribution < 1.29 is 18.3 Å². The van der Waals surface area contributed by atoms with Crippen LogP contribution in [0.3, 0.4) is 0 Å². The van der Waals surface area contributed by atoms with Crippen molar-refractivity contribution in [2.75, 3.05) is 13.2 Å². The standard InChI is InChI=1S/C18H29NO4S/c1-3-4-5-6-7-8-9-15-12-16(20)10-11-17(15)24(21,22)19-18(2)13-23-14-18/h10-12,19-20H,3-9,13-14H2,1-2H3. The van der Waals surface area contributed by atoms with Crippen LogP contribution in [0.25, 0.3) is 0 Å². The number of hydrogen-bond acceptors (Lipinski definition) is 4. The van der Waals surface area contributed by atoms with E-state index in [0.717, 1.165) is 12.8 Å². The lowest BCUT2D eigenvalue weighted by Gasteiger charge is -2.38. The smallest absolute Gasteiger partial charge is 0.241 e. The summed E-state index contributed by atoms with van der Waals surface area (Å²) >= 11 is 0. The monoisotopic (exact) mass is 355 g/mol. The molecule has 0 radical (unpaired) electrons. The molecule has 136 valence electrons. The Morgan fingerprint density at radius 3 is 2.46 bits per heavy atom. The second-order valence-corrected chi connectivity index (χ2v) is 8.62. The van der Waals surface area contributed by atoms with Crippen molar-refractivity contribution >= 4 is 10.0 Å². The number of hydrogen-bond donors (Lipinski definition) is 2. The van der Waals surface area contributed by atoms with Gasteiger partial charge in [-0.25, -0.2) is 13.1 Å². The van der Waals surface area contributed by atoms with Gasteiger partial charge in [-0.15, -0.1) is 0 Å². The minimum Gasteiger partial charge on any atom is -0.508 e. The quantitative estimate of drug-likeness (QED) is 0.631. The minimum atomic E-state index is -3.62. The molecule has 1 aliphatic heterocycles. The van der Waals surface area contributed by atoms with Crippen LogP contribution in [0, 0.1) is 0 Å². The maximum absolute atomic E-state index is 12.7. The van der Waals surface area contributed by atoms with Crippen LogP contribution in [0.2, 0.25) is 0 Å². The number of sulfonamides is 1. The number of phenols is 1. The van der Waals surface area contributed by atoms with Gasteiger partial charge >= 0.3 is 0 Å². The number of aromatic hydroxyl groups is 1. The topological polar surface area (TPSA) is 75.6 Å². The zero-order valence-electron chi connectivity index (χ0n) is 14.7. The minimum absolute atomic E-state index is 0.105. The number of aryl methyl sites for hydroxylation is 1. The SMILES string of the molecule is CCCCCCCCc1cc(O)ccc1S(=O)(=O)NC1(C)COC1. The number of ether oxygens (including phenoxy) is 1. The van der Waals surface area contributed by atoms with E-state index in [1.165, 1.54) is 37.8 Å². The van der Waals surface area contributed by atoms with E-state index >= 15 is 0 Å². The zero-order valence-corrected chi connectivity index (χ0v) is 15.5. The maximum atomic E-state index is 12.7. The fourth-order valence-corrected chi connectivity index (χ4v) is 4.60. The first-order valence-corrected chi connectivity index (χ1v) is 10.3. The van der Waals surface area contributed by atoms with Crippen LogP contribution < -0.4 is 4.72 Å². The van der Waals surface area contributed by atoms with Crippen LogP contribution in [0.1, 0.15) is 57.9 Å². The molecule has 0 bridgehead atoms. The first kappa shape index (κ1) is 19.2. The summed E-state index contributed by atoms with van der Waals surface area (Å²) in [6, 6.07) is 4.49. The molecule has 1 heterocycles. The molecule has 1 saturated heterocycles. The summed E-state index contributed by atoms with van der Waals surface area (Å²) in [6.45, 7) is 4.79. The Labute approximate surface area is 145 Å². The second-order valence-electron chi connectivity index (χ2n) is 6.97. The molecule has 0 amide bonds. The molecular formula is C18H29NO4S. The van der Waals surface area contributed by atoms with Gasteiger partial charge in [0.25, 0.3) is 0 Å². The highest BCUT2D eigenvalue weighted by Crippen LogP contribution is 2.26. The van der Waals surface area contributed by atoms with Gasteiger partial charge in [-0.1, -0.05) is 39.0 Å². The predicted molar refractivity (Wildman–Crippen MR) is 94.7 cm³/mol. The first-order chi connectivity index (χ1) is 11.4. The van der Waals surface area contributed by atoms with E-state index < -0.39 is 15.6 Å². The first-order valence-electron chi connectivity index (χ1n) is 8.80. The van der Waals surface area contributed by atoms with E-state index in [-0.39, 0.29) is 10.6 Å². The molecule has 5 nitrogen and oxygen atoms in total. The number of unbranched alkanes of at least 4 members (excludes halogenated alkanes) is 5. The molecule has 1 aromatic carbocycles. The summed E-state index contributed by atoms with van der Waals surface area (Å²) in [5, 5.41) is 9.73. The molecule has 2 N–H and O–H groups in total. The molecule has 0 unspecified atom stereocenters. The van der Waals surface area contributed by atoms with E-state index in [1.54, 1.807) is 6.07 Å². The van der Waals surface area contributed by atoms with Crippen molar-refractivity contribution in [3.8, 4) is 5.75 Å². The van der Waals surface area contributed by atoms with Gasteiger partial charge in [0.05, 0.1) is 23.6 Å². The highest BCUT2D eigenvalue weighted by atomic mass is 32.2. The number of nitrogens with one attached hydrogen (secondary N) is 1. The Hall–Kier alpha value is -1.11. The summed E-state index contributed by atoms with van der Waals surface area (Å²) in [4.78, 5) is 0.266. The van der Waals surface area contributed by atoms with Gasteiger partial charge in [0.15, 0.2) is 0 Å². The lowest BCUT2D eigenvalue weighted by Crippen LogP contribution is -2.59. The predicted octanol–water partition coefficient (Wildman–Crippen LogP) is 3.36.